The highest BCUT2D eigenvalue weighted by Crippen LogP contribution is 2.29. The molecule has 21 heavy (non-hydrogen) atoms. The standard InChI is InChI=1S/C15H23NO4S/c1-3-9-20-15-7-6-14(10-13(15)11-17)21(18,19)16-8-4-5-12(16)2/h6-7,10,12,17H,3-5,8-9,11H2,1-2H3. The van der Waals surface area contributed by atoms with E-state index >= 15 is 0 Å². The predicted molar refractivity (Wildman–Crippen MR) is 80.7 cm³/mol. The summed E-state index contributed by atoms with van der Waals surface area (Å²) >= 11 is 0. The molecule has 1 heterocycles. The Labute approximate surface area is 126 Å². The second-order valence-electron chi connectivity index (χ2n) is 5.38. The lowest BCUT2D eigenvalue weighted by molar-refractivity contribution is 0.262. The summed E-state index contributed by atoms with van der Waals surface area (Å²) in [4.78, 5) is 0.226. The van der Waals surface area contributed by atoms with Gasteiger partial charge in [-0.3, -0.25) is 0 Å². The molecule has 1 aromatic rings. The van der Waals surface area contributed by atoms with Crippen LogP contribution in [0.1, 0.15) is 38.7 Å². The van der Waals surface area contributed by atoms with E-state index in [-0.39, 0.29) is 17.5 Å². The molecule has 6 heteroatoms. The van der Waals surface area contributed by atoms with Crippen LogP contribution in [0.25, 0.3) is 0 Å². The van der Waals surface area contributed by atoms with Gasteiger partial charge in [-0.25, -0.2) is 8.42 Å². The van der Waals surface area contributed by atoms with Crippen molar-refractivity contribution < 1.29 is 18.3 Å². The summed E-state index contributed by atoms with van der Waals surface area (Å²) in [5.41, 5.74) is 0.511. The summed E-state index contributed by atoms with van der Waals surface area (Å²) in [7, 11) is -3.49. The second-order valence-corrected chi connectivity index (χ2v) is 7.27. The third-order valence-corrected chi connectivity index (χ3v) is 5.77. The van der Waals surface area contributed by atoms with Crippen LogP contribution in [0.5, 0.6) is 5.75 Å². The third-order valence-electron chi connectivity index (χ3n) is 3.76. The Morgan fingerprint density at radius 2 is 2.19 bits per heavy atom. The van der Waals surface area contributed by atoms with Crippen LogP contribution in [-0.4, -0.2) is 37.0 Å². The highest BCUT2D eigenvalue weighted by molar-refractivity contribution is 7.89. The van der Waals surface area contributed by atoms with E-state index in [9.17, 15) is 13.5 Å². The van der Waals surface area contributed by atoms with Crippen LogP contribution in [0.2, 0.25) is 0 Å². The van der Waals surface area contributed by atoms with Crippen molar-refractivity contribution in [2.24, 2.45) is 0 Å². The molecule has 118 valence electrons. The van der Waals surface area contributed by atoms with Crippen molar-refractivity contribution in [2.75, 3.05) is 13.2 Å². The molecule has 1 atom stereocenters. The van der Waals surface area contributed by atoms with Gasteiger partial charge in [-0.1, -0.05) is 6.92 Å². The number of benzene rings is 1. The maximum Gasteiger partial charge on any atom is 0.243 e. The Bertz CT molecular complexity index is 585. The number of ether oxygens (including phenoxy) is 1. The van der Waals surface area contributed by atoms with E-state index in [1.807, 2.05) is 13.8 Å². The number of rotatable bonds is 6. The van der Waals surface area contributed by atoms with Crippen LogP contribution < -0.4 is 4.74 Å². The Hall–Kier alpha value is -1.11. The minimum atomic E-state index is -3.49. The van der Waals surface area contributed by atoms with E-state index in [0.717, 1.165) is 19.3 Å². The van der Waals surface area contributed by atoms with Gasteiger partial charge in [-0.2, -0.15) is 4.31 Å². The summed E-state index contributed by atoms with van der Waals surface area (Å²) in [5.74, 6) is 0.549. The molecule has 1 N–H and O–H groups in total. The summed E-state index contributed by atoms with van der Waals surface area (Å²) in [5, 5.41) is 9.44. The third kappa shape index (κ3) is 3.39. The first-order valence-electron chi connectivity index (χ1n) is 7.39. The Morgan fingerprint density at radius 1 is 1.43 bits per heavy atom. The van der Waals surface area contributed by atoms with Gasteiger partial charge in [-0.05, 0) is 44.4 Å². The highest BCUT2D eigenvalue weighted by atomic mass is 32.2. The smallest absolute Gasteiger partial charge is 0.243 e. The summed E-state index contributed by atoms with van der Waals surface area (Å²) in [6.45, 7) is 4.79. The van der Waals surface area contributed by atoms with Gasteiger partial charge in [0.15, 0.2) is 0 Å². The number of hydrogen-bond acceptors (Lipinski definition) is 4. The van der Waals surface area contributed by atoms with Crippen molar-refractivity contribution in [3.8, 4) is 5.75 Å². The van der Waals surface area contributed by atoms with Gasteiger partial charge in [0.25, 0.3) is 0 Å². The molecule has 1 aromatic carbocycles. The molecule has 0 aromatic heterocycles. The second kappa shape index (κ2) is 6.77. The van der Waals surface area contributed by atoms with Crippen molar-refractivity contribution in [3.63, 3.8) is 0 Å². The average molecular weight is 313 g/mol. The fourth-order valence-electron chi connectivity index (χ4n) is 2.59. The lowest BCUT2D eigenvalue weighted by Gasteiger charge is -2.21. The zero-order valence-electron chi connectivity index (χ0n) is 12.6. The summed E-state index contributed by atoms with van der Waals surface area (Å²) in [6, 6.07) is 4.74. The largest absolute Gasteiger partial charge is 0.493 e. The molecule has 1 aliphatic rings. The van der Waals surface area contributed by atoms with Gasteiger partial charge in [0.1, 0.15) is 5.75 Å². The Balaban J connectivity index is 2.31. The molecule has 0 saturated carbocycles. The van der Waals surface area contributed by atoms with Gasteiger partial charge in [0, 0.05) is 18.2 Å². The van der Waals surface area contributed by atoms with Crippen molar-refractivity contribution in [1.82, 2.24) is 4.31 Å². The maximum atomic E-state index is 12.6. The van der Waals surface area contributed by atoms with Crippen LogP contribution in [0, 0.1) is 0 Å². The number of sulfonamides is 1. The van der Waals surface area contributed by atoms with Crippen molar-refractivity contribution >= 4 is 10.0 Å². The van der Waals surface area contributed by atoms with Crippen LogP contribution in [0.15, 0.2) is 23.1 Å². The van der Waals surface area contributed by atoms with Crippen LogP contribution in [-0.2, 0) is 16.6 Å². The fraction of sp³-hybridized carbons (Fsp3) is 0.600. The Morgan fingerprint density at radius 3 is 2.76 bits per heavy atom. The fourth-order valence-corrected chi connectivity index (χ4v) is 4.34. The molecule has 0 amide bonds. The molecule has 1 unspecified atom stereocenters. The minimum Gasteiger partial charge on any atom is -0.493 e. The molecule has 0 aliphatic carbocycles. The van der Waals surface area contributed by atoms with Crippen molar-refractivity contribution in [3.05, 3.63) is 23.8 Å². The molecule has 2 rings (SSSR count). The zero-order valence-corrected chi connectivity index (χ0v) is 13.4. The summed E-state index contributed by atoms with van der Waals surface area (Å²) < 4.78 is 32.3. The van der Waals surface area contributed by atoms with E-state index < -0.39 is 10.0 Å². The van der Waals surface area contributed by atoms with Crippen LogP contribution >= 0.6 is 0 Å². The lowest BCUT2D eigenvalue weighted by atomic mass is 10.2. The molecule has 5 nitrogen and oxygen atoms in total. The van der Waals surface area contributed by atoms with Crippen LogP contribution in [0.4, 0.5) is 0 Å². The van der Waals surface area contributed by atoms with E-state index in [1.54, 1.807) is 12.1 Å². The molecule has 0 spiro atoms. The highest BCUT2D eigenvalue weighted by Gasteiger charge is 2.32. The molecular formula is C15H23NO4S. The van der Waals surface area contributed by atoms with E-state index in [2.05, 4.69) is 0 Å². The van der Waals surface area contributed by atoms with Gasteiger partial charge in [0.05, 0.1) is 18.1 Å². The first kappa shape index (κ1) is 16.3. The van der Waals surface area contributed by atoms with E-state index in [4.69, 9.17) is 4.74 Å². The number of aliphatic hydroxyl groups excluding tert-OH is 1. The van der Waals surface area contributed by atoms with Gasteiger partial charge in [-0.15, -0.1) is 0 Å². The summed E-state index contributed by atoms with van der Waals surface area (Å²) in [6.07, 6.45) is 2.64. The number of aliphatic hydroxyl groups is 1. The predicted octanol–water partition coefficient (Wildman–Crippen LogP) is 2.14. The molecule has 1 saturated heterocycles. The zero-order chi connectivity index (χ0) is 15.5. The monoisotopic (exact) mass is 313 g/mol. The Kier molecular flexibility index (Phi) is 5.24. The van der Waals surface area contributed by atoms with E-state index in [0.29, 0.717) is 24.5 Å². The average Bonchev–Trinajstić information content (AvgIpc) is 2.91. The molecule has 1 fully saturated rings. The van der Waals surface area contributed by atoms with Gasteiger partial charge >= 0.3 is 0 Å². The van der Waals surface area contributed by atoms with E-state index in [1.165, 1.54) is 10.4 Å². The maximum absolute atomic E-state index is 12.6. The van der Waals surface area contributed by atoms with Crippen LogP contribution in [0.3, 0.4) is 0 Å². The molecular weight excluding hydrogens is 290 g/mol. The topological polar surface area (TPSA) is 66.8 Å². The van der Waals surface area contributed by atoms with Crippen molar-refractivity contribution in [2.45, 2.75) is 50.7 Å². The molecule has 0 bridgehead atoms. The normalized spacial score (nSPS) is 19.9. The number of hydrogen-bond donors (Lipinski definition) is 1. The number of nitrogens with zero attached hydrogens (tertiary/aromatic N) is 1. The lowest BCUT2D eigenvalue weighted by Crippen LogP contribution is -2.33. The molecule has 0 radical (unpaired) electrons. The molecule has 1 aliphatic heterocycles. The van der Waals surface area contributed by atoms with Gasteiger partial charge < -0.3 is 9.84 Å². The first-order chi connectivity index (χ1) is 10.0. The quantitative estimate of drug-likeness (QED) is 0.874. The first-order valence-corrected chi connectivity index (χ1v) is 8.83. The SMILES string of the molecule is CCCOc1ccc(S(=O)(=O)N2CCCC2C)cc1CO. The minimum absolute atomic E-state index is 0.0311. The van der Waals surface area contributed by atoms with Gasteiger partial charge in [0.2, 0.25) is 10.0 Å². The van der Waals surface area contributed by atoms with Crippen molar-refractivity contribution in [1.29, 1.82) is 0 Å².